The molecule has 1 heterocycles. The van der Waals surface area contributed by atoms with Gasteiger partial charge in [0, 0.05) is 23.7 Å². The number of amides is 1. The minimum absolute atomic E-state index is 0.0245. The predicted molar refractivity (Wildman–Crippen MR) is 93.9 cm³/mol. The number of hydrogen-bond acceptors (Lipinski definition) is 6. The smallest absolute Gasteiger partial charge is 0.409 e. The monoisotopic (exact) mass is 337 g/mol. The van der Waals surface area contributed by atoms with Crippen molar-refractivity contribution in [2.45, 2.75) is 33.7 Å². The Kier molecular flexibility index (Phi) is 4.80. The Morgan fingerprint density at radius 3 is 2.44 bits per heavy atom. The lowest BCUT2D eigenvalue weighted by molar-refractivity contribution is 0.211. The Bertz CT molecular complexity index is 916. The second kappa shape index (κ2) is 6.66. The van der Waals surface area contributed by atoms with Crippen molar-refractivity contribution < 1.29 is 9.53 Å². The number of nitrogens with zero attached hydrogens (tertiary/aromatic N) is 3. The molecule has 0 saturated carbocycles. The third-order valence-electron chi connectivity index (χ3n) is 4.06. The van der Waals surface area contributed by atoms with E-state index in [0.29, 0.717) is 22.2 Å². The van der Waals surface area contributed by atoms with E-state index in [1.165, 1.54) is 12.3 Å². The molecule has 1 amide bonds. The number of benzene rings is 1. The number of primary amides is 1. The molecule has 1 aromatic carbocycles. The molecule has 7 nitrogen and oxygen atoms in total. The highest BCUT2D eigenvalue weighted by Gasteiger charge is 2.23. The standard InChI is InChI=1S/C18H19N5O2/c1-10(18(2,3)4)23-16-12(8-20)9-22-15-11(7-19)5-13(6-14(15)16)25-17(21)24/h5-6,9-10H,1-4H3,(H2,21,24)(H,22,23)/t10-/m1/s1. The number of hydrogen-bond donors (Lipinski definition) is 2. The van der Waals surface area contributed by atoms with E-state index in [0.717, 1.165) is 0 Å². The zero-order valence-corrected chi connectivity index (χ0v) is 14.5. The number of rotatable bonds is 3. The summed E-state index contributed by atoms with van der Waals surface area (Å²) < 4.78 is 4.91. The maximum absolute atomic E-state index is 11.1. The van der Waals surface area contributed by atoms with Crippen LogP contribution in [0.4, 0.5) is 10.5 Å². The maximum Gasteiger partial charge on any atom is 0.409 e. The first-order valence-corrected chi connectivity index (χ1v) is 7.68. The molecule has 0 unspecified atom stereocenters. The highest BCUT2D eigenvalue weighted by Crippen LogP contribution is 2.34. The topological polar surface area (TPSA) is 125 Å². The van der Waals surface area contributed by atoms with Gasteiger partial charge in [0.15, 0.2) is 0 Å². The van der Waals surface area contributed by atoms with Gasteiger partial charge in [-0.2, -0.15) is 10.5 Å². The van der Waals surface area contributed by atoms with Crippen LogP contribution in [0.5, 0.6) is 5.75 Å². The third kappa shape index (κ3) is 3.78. The van der Waals surface area contributed by atoms with Gasteiger partial charge in [-0.3, -0.25) is 4.98 Å². The summed E-state index contributed by atoms with van der Waals surface area (Å²) in [4.78, 5) is 15.3. The van der Waals surface area contributed by atoms with Crippen molar-refractivity contribution in [1.82, 2.24) is 4.98 Å². The van der Waals surface area contributed by atoms with Crippen molar-refractivity contribution in [2.75, 3.05) is 5.32 Å². The summed E-state index contributed by atoms with van der Waals surface area (Å²) in [5, 5.41) is 22.7. The first-order valence-electron chi connectivity index (χ1n) is 7.68. The zero-order valence-electron chi connectivity index (χ0n) is 14.5. The average Bonchev–Trinajstić information content (AvgIpc) is 2.53. The van der Waals surface area contributed by atoms with Crippen molar-refractivity contribution in [1.29, 1.82) is 10.5 Å². The quantitative estimate of drug-likeness (QED) is 0.885. The SMILES string of the molecule is C[C@@H](Nc1c(C#N)cnc2c(C#N)cc(OC(N)=O)cc12)C(C)(C)C. The molecule has 1 aromatic heterocycles. The molecule has 0 aliphatic rings. The van der Waals surface area contributed by atoms with Gasteiger partial charge in [-0.1, -0.05) is 20.8 Å². The molecule has 0 aliphatic heterocycles. The van der Waals surface area contributed by atoms with Crippen LogP contribution in [0.2, 0.25) is 0 Å². The van der Waals surface area contributed by atoms with Crippen molar-refractivity contribution in [3.63, 3.8) is 0 Å². The summed E-state index contributed by atoms with van der Waals surface area (Å²) in [6.07, 6.45) is 0.445. The Labute approximate surface area is 146 Å². The number of nitrogens with one attached hydrogen (secondary N) is 1. The molecule has 25 heavy (non-hydrogen) atoms. The summed E-state index contributed by atoms with van der Waals surface area (Å²) in [5.74, 6) is 0.125. The number of aromatic nitrogens is 1. The lowest BCUT2D eigenvalue weighted by Crippen LogP contribution is -2.31. The first kappa shape index (κ1) is 18.0. The number of nitrogens with two attached hydrogens (primary N) is 1. The van der Waals surface area contributed by atoms with Crippen molar-refractivity contribution in [2.24, 2.45) is 11.1 Å². The van der Waals surface area contributed by atoms with Crippen LogP contribution in [0.1, 0.15) is 38.8 Å². The van der Waals surface area contributed by atoms with Crippen LogP contribution in [0.15, 0.2) is 18.3 Å². The molecule has 0 aliphatic carbocycles. The normalized spacial score (nSPS) is 12.1. The number of pyridine rings is 1. The number of fused-ring (bicyclic) bond motifs is 1. The highest BCUT2D eigenvalue weighted by atomic mass is 16.5. The van der Waals surface area contributed by atoms with E-state index in [4.69, 9.17) is 10.5 Å². The van der Waals surface area contributed by atoms with Crippen LogP contribution in [0, 0.1) is 28.1 Å². The fourth-order valence-electron chi connectivity index (χ4n) is 2.21. The van der Waals surface area contributed by atoms with Gasteiger partial charge in [-0.05, 0) is 18.4 Å². The van der Waals surface area contributed by atoms with Gasteiger partial charge in [0.05, 0.1) is 22.3 Å². The average molecular weight is 337 g/mol. The molecule has 0 spiro atoms. The maximum atomic E-state index is 11.1. The third-order valence-corrected chi connectivity index (χ3v) is 4.06. The van der Waals surface area contributed by atoms with Crippen molar-refractivity contribution in [3.05, 3.63) is 29.5 Å². The number of nitriles is 2. The van der Waals surface area contributed by atoms with Crippen LogP contribution in [0.3, 0.4) is 0 Å². The Hall–Kier alpha value is -3.32. The fourth-order valence-corrected chi connectivity index (χ4v) is 2.21. The number of anilines is 1. The Morgan fingerprint density at radius 1 is 1.28 bits per heavy atom. The van der Waals surface area contributed by atoms with Crippen LogP contribution in [0.25, 0.3) is 10.9 Å². The van der Waals surface area contributed by atoms with E-state index < -0.39 is 6.09 Å². The van der Waals surface area contributed by atoms with Crippen molar-refractivity contribution in [3.8, 4) is 17.9 Å². The van der Waals surface area contributed by atoms with Crippen LogP contribution >= 0.6 is 0 Å². The fraction of sp³-hybridized carbons (Fsp3) is 0.333. The van der Waals surface area contributed by atoms with E-state index in [1.807, 2.05) is 13.0 Å². The van der Waals surface area contributed by atoms with E-state index in [2.05, 4.69) is 37.1 Å². The number of carbonyl (C=O) groups is 1. The van der Waals surface area contributed by atoms with Crippen LogP contribution < -0.4 is 15.8 Å². The molecule has 0 radical (unpaired) electrons. The molecular weight excluding hydrogens is 318 g/mol. The molecule has 7 heteroatoms. The molecule has 128 valence electrons. The van der Waals surface area contributed by atoms with Gasteiger partial charge in [0.2, 0.25) is 0 Å². The Morgan fingerprint density at radius 2 is 1.92 bits per heavy atom. The second-order valence-corrected chi connectivity index (χ2v) is 6.79. The molecule has 0 fully saturated rings. The second-order valence-electron chi connectivity index (χ2n) is 6.79. The van der Waals surface area contributed by atoms with Gasteiger partial charge < -0.3 is 15.8 Å². The van der Waals surface area contributed by atoms with Gasteiger partial charge >= 0.3 is 6.09 Å². The minimum Gasteiger partial charge on any atom is -0.410 e. The lowest BCUT2D eigenvalue weighted by atomic mass is 9.87. The predicted octanol–water partition coefficient (Wildman–Crippen LogP) is 3.28. The first-order chi connectivity index (χ1) is 11.7. The van der Waals surface area contributed by atoms with E-state index >= 15 is 0 Å². The summed E-state index contributed by atoms with van der Waals surface area (Å²) >= 11 is 0. The summed E-state index contributed by atoms with van der Waals surface area (Å²) in [6.45, 7) is 8.22. The molecule has 3 N–H and O–H groups in total. The minimum atomic E-state index is -0.981. The molecule has 0 bridgehead atoms. The van der Waals surface area contributed by atoms with Gasteiger partial charge in [-0.15, -0.1) is 0 Å². The van der Waals surface area contributed by atoms with Crippen molar-refractivity contribution >= 4 is 22.7 Å². The van der Waals surface area contributed by atoms with Gasteiger partial charge in [0.25, 0.3) is 0 Å². The molecule has 2 aromatic rings. The summed E-state index contributed by atoms with van der Waals surface area (Å²) in [5.41, 5.74) is 6.52. The molecule has 1 atom stereocenters. The number of carbonyl (C=O) groups excluding carboxylic acids is 1. The van der Waals surface area contributed by atoms with Crippen LogP contribution in [-0.2, 0) is 0 Å². The molecule has 2 rings (SSSR count). The van der Waals surface area contributed by atoms with E-state index in [1.54, 1.807) is 6.07 Å². The van der Waals surface area contributed by atoms with Gasteiger partial charge in [-0.25, -0.2) is 4.79 Å². The summed E-state index contributed by atoms with van der Waals surface area (Å²) in [6, 6.07) is 7.09. The zero-order chi connectivity index (χ0) is 18.8. The summed E-state index contributed by atoms with van der Waals surface area (Å²) in [7, 11) is 0. The Balaban J connectivity index is 2.74. The molecule has 0 saturated heterocycles. The van der Waals surface area contributed by atoms with E-state index in [-0.39, 0.29) is 22.8 Å². The van der Waals surface area contributed by atoms with Gasteiger partial charge in [0.1, 0.15) is 17.9 Å². The largest absolute Gasteiger partial charge is 0.410 e. The number of ether oxygens (including phenoxy) is 1. The van der Waals surface area contributed by atoms with E-state index in [9.17, 15) is 15.3 Å². The molecular formula is C18H19N5O2. The van der Waals surface area contributed by atoms with Crippen LogP contribution in [-0.4, -0.2) is 17.1 Å². The highest BCUT2D eigenvalue weighted by molar-refractivity contribution is 5.98. The lowest BCUT2D eigenvalue weighted by Gasteiger charge is -2.29.